The molecule has 0 aliphatic heterocycles. The molecule has 2 aromatic carbocycles. The third-order valence-electron chi connectivity index (χ3n) is 6.33. The molecular weight excluding hydrogens is 534 g/mol. The van der Waals surface area contributed by atoms with Gasteiger partial charge in [-0.25, -0.2) is 13.4 Å². The monoisotopic (exact) mass is 567 g/mol. The topological polar surface area (TPSA) is 171 Å². The van der Waals surface area contributed by atoms with Crippen LogP contribution in [0, 0.1) is 0 Å². The lowest BCUT2D eigenvalue weighted by Crippen LogP contribution is -2.48. The molecule has 0 saturated carbocycles. The average Bonchev–Trinajstić information content (AvgIpc) is 3.58. The standard InChI is InChI=1S/C27H33N7O5S/c1-27(2,3)20-6-8-21(9-7-20)40(38,39)33-22(25(36)37)17-31-24(35)18-5-10-23-19(15-18)16-32-34(23)14-4-11-28-26-29-12-13-30-26/h5-10,12-13,15-16,22,33H,4,11,14,17H2,1-3H3,(H,31,35)(H,36,37)(H2,28,29,30)/t22-/m0/s1. The predicted octanol–water partition coefficient (Wildman–Crippen LogP) is 2.72. The van der Waals surface area contributed by atoms with Gasteiger partial charge in [0.2, 0.25) is 10.0 Å². The Morgan fingerprint density at radius 3 is 2.52 bits per heavy atom. The molecule has 1 amide bonds. The highest BCUT2D eigenvalue weighted by molar-refractivity contribution is 7.89. The molecule has 12 nitrogen and oxygen atoms in total. The molecule has 0 aliphatic carbocycles. The van der Waals surface area contributed by atoms with E-state index in [0.29, 0.717) is 24.6 Å². The molecule has 4 rings (SSSR count). The maximum atomic E-state index is 12.8. The van der Waals surface area contributed by atoms with Crippen molar-refractivity contribution >= 4 is 38.8 Å². The number of aliphatic carboxylic acids is 1. The van der Waals surface area contributed by atoms with E-state index in [1.165, 1.54) is 12.1 Å². The lowest BCUT2D eigenvalue weighted by Gasteiger charge is -2.20. The fourth-order valence-electron chi connectivity index (χ4n) is 4.07. The minimum absolute atomic E-state index is 0.0581. The van der Waals surface area contributed by atoms with E-state index in [1.807, 2.05) is 25.5 Å². The van der Waals surface area contributed by atoms with Gasteiger partial charge in [-0.3, -0.25) is 14.3 Å². The second kappa shape index (κ2) is 11.9. The van der Waals surface area contributed by atoms with Gasteiger partial charge < -0.3 is 20.7 Å². The molecule has 0 spiro atoms. The second-order valence-corrected chi connectivity index (χ2v) is 12.1. The lowest BCUT2D eigenvalue weighted by atomic mass is 9.87. The number of imidazole rings is 1. The maximum absolute atomic E-state index is 12.8. The van der Waals surface area contributed by atoms with E-state index in [4.69, 9.17) is 0 Å². The largest absolute Gasteiger partial charge is 0.480 e. The van der Waals surface area contributed by atoms with Crippen molar-refractivity contribution < 1.29 is 23.1 Å². The van der Waals surface area contributed by atoms with Gasteiger partial charge in [0.25, 0.3) is 5.91 Å². The first-order valence-electron chi connectivity index (χ1n) is 12.8. The maximum Gasteiger partial charge on any atom is 0.323 e. The van der Waals surface area contributed by atoms with Crippen molar-refractivity contribution in [2.45, 2.75) is 50.1 Å². The highest BCUT2D eigenvalue weighted by Gasteiger charge is 2.26. The fraction of sp³-hybridized carbons (Fsp3) is 0.333. The first kappa shape index (κ1) is 28.8. The average molecular weight is 568 g/mol. The molecule has 13 heteroatoms. The summed E-state index contributed by atoms with van der Waals surface area (Å²) >= 11 is 0. The number of carbonyl (C=O) groups excluding carboxylic acids is 1. The number of aromatic nitrogens is 4. The minimum Gasteiger partial charge on any atom is -0.480 e. The number of aromatic amines is 1. The third-order valence-corrected chi connectivity index (χ3v) is 7.82. The number of anilines is 1. The van der Waals surface area contributed by atoms with Crippen LogP contribution in [0.2, 0.25) is 0 Å². The quantitative estimate of drug-likeness (QED) is 0.163. The Bertz CT molecular complexity index is 1570. The summed E-state index contributed by atoms with van der Waals surface area (Å²) in [6.07, 6.45) is 5.87. The molecule has 40 heavy (non-hydrogen) atoms. The van der Waals surface area contributed by atoms with Crippen molar-refractivity contribution in [2.75, 3.05) is 18.4 Å². The van der Waals surface area contributed by atoms with Crippen LogP contribution >= 0.6 is 0 Å². The van der Waals surface area contributed by atoms with Crippen molar-refractivity contribution in [3.8, 4) is 0 Å². The van der Waals surface area contributed by atoms with Crippen LogP contribution in [0.1, 0.15) is 43.1 Å². The van der Waals surface area contributed by atoms with Crippen LogP contribution in [0.5, 0.6) is 0 Å². The van der Waals surface area contributed by atoms with Gasteiger partial charge in [-0.1, -0.05) is 32.9 Å². The third kappa shape index (κ3) is 7.04. The summed E-state index contributed by atoms with van der Waals surface area (Å²) in [4.78, 5) is 31.6. The van der Waals surface area contributed by atoms with Crippen molar-refractivity contribution in [3.05, 3.63) is 72.2 Å². The zero-order valence-electron chi connectivity index (χ0n) is 22.5. The van der Waals surface area contributed by atoms with Crippen LogP contribution in [-0.2, 0) is 26.8 Å². The van der Waals surface area contributed by atoms with Crippen LogP contribution in [0.15, 0.2) is 66.0 Å². The summed E-state index contributed by atoms with van der Waals surface area (Å²) in [6.45, 7) is 6.93. The van der Waals surface area contributed by atoms with Crippen molar-refractivity contribution in [1.29, 1.82) is 0 Å². The van der Waals surface area contributed by atoms with E-state index in [0.717, 1.165) is 22.9 Å². The molecule has 5 N–H and O–H groups in total. The van der Waals surface area contributed by atoms with Gasteiger partial charge in [0, 0.05) is 43.0 Å². The van der Waals surface area contributed by atoms with Gasteiger partial charge in [0.15, 0.2) is 5.95 Å². The van der Waals surface area contributed by atoms with Gasteiger partial charge in [0.05, 0.1) is 16.6 Å². The molecule has 0 fully saturated rings. The highest BCUT2D eigenvalue weighted by atomic mass is 32.2. The Morgan fingerprint density at radius 1 is 1.12 bits per heavy atom. The Kier molecular flexibility index (Phi) is 8.55. The highest BCUT2D eigenvalue weighted by Crippen LogP contribution is 2.23. The van der Waals surface area contributed by atoms with Crippen LogP contribution in [-0.4, -0.2) is 64.3 Å². The van der Waals surface area contributed by atoms with E-state index in [9.17, 15) is 23.1 Å². The lowest BCUT2D eigenvalue weighted by molar-refractivity contribution is -0.138. The second-order valence-electron chi connectivity index (χ2n) is 10.4. The van der Waals surface area contributed by atoms with Gasteiger partial charge >= 0.3 is 5.97 Å². The molecule has 2 aromatic heterocycles. The molecule has 0 saturated heterocycles. The van der Waals surface area contributed by atoms with Crippen molar-refractivity contribution in [2.24, 2.45) is 0 Å². The molecule has 0 unspecified atom stereocenters. The number of fused-ring (bicyclic) bond motifs is 1. The number of aryl methyl sites for hydroxylation is 1. The zero-order valence-corrected chi connectivity index (χ0v) is 23.3. The van der Waals surface area contributed by atoms with Gasteiger partial charge in [-0.2, -0.15) is 9.82 Å². The fourth-order valence-corrected chi connectivity index (χ4v) is 5.26. The number of hydrogen-bond acceptors (Lipinski definition) is 7. The number of sulfonamides is 1. The number of benzene rings is 2. The summed E-state index contributed by atoms with van der Waals surface area (Å²) in [5.74, 6) is -1.24. The molecular formula is C27H33N7O5S. The van der Waals surface area contributed by atoms with Gasteiger partial charge in [0.1, 0.15) is 6.04 Å². The SMILES string of the molecule is CC(C)(C)c1ccc(S(=O)(=O)N[C@@H](CNC(=O)c2ccc3c(cnn3CCCNc3ncc[nH]3)c2)C(=O)O)cc1. The number of carbonyl (C=O) groups is 2. The molecule has 1 atom stereocenters. The summed E-state index contributed by atoms with van der Waals surface area (Å²) in [5, 5.41) is 20.4. The van der Waals surface area contributed by atoms with E-state index in [2.05, 4.69) is 30.4 Å². The van der Waals surface area contributed by atoms with E-state index >= 15 is 0 Å². The van der Waals surface area contributed by atoms with Gasteiger partial charge in [-0.15, -0.1) is 0 Å². The van der Waals surface area contributed by atoms with E-state index in [-0.39, 0.29) is 10.3 Å². The van der Waals surface area contributed by atoms with Crippen molar-refractivity contribution in [3.63, 3.8) is 0 Å². The molecule has 4 aromatic rings. The van der Waals surface area contributed by atoms with Crippen LogP contribution in [0.3, 0.4) is 0 Å². The Balaban J connectivity index is 1.35. The predicted molar refractivity (Wildman–Crippen MR) is 151 cm³/mol. The summed E-state index contributed by atoms with van der Waals surface area (Å²) < 4.78 is 29.7. The van der Waals surface area contributed by atoms with Crippen molar-refractivity contribution in [1.82, 2.24) is 29.8 Å². The smallest absolute Gasteiger partial charge is 0.323 e. The number of rotatable bonds is 12. The molecule has 2 heterocycles. The summed E-state index contributed by atoms with van der Waals surface area (Å²) in [7, 11) is -4.13. The molecule has 0 bridgehead atoms. The molecule has 0 aliphatic rings. The van der Waals surface area contributed by atoms with Crippen LogP contribution in [0.25, 0.3) is 10.9 Å². The summed E-state index contributed by atoms with van der Waals surface area (Å²) in [5.41, 5.74) is 1.93. The zero-order chi connectivity index (χ0) is 28.9. The number of carboxylic acids is 1. The van der Waals surface area contributed by atoms with Crippen LogP contribution in [0.4, 0.5) is 5.95 Å². The van der Waals surface area contributed by atoms with E-state index < -0.39 is 34.5 Å². The summed E-state index contributed by atoms with van der Waals surface area (Å²) in [6, 6.07) is 9.76. The Hall–Kier alpha value is -4.23. The van der Waals surface area contributed by atoms with Crippen LogP contribution < -0.4 is 15.4 Å². The number of nitrogens with one attached hydrogen (secondary N) is 4. The molecule has 212 valence electrons. The minimum atomic E-state index is -4.13. The number of hydrogen-bond donors (Lipinski definition) is 5. The van der Waals surface area contributed by atoms with E-state index in [1.54, 1.807) is 48.9 Å². The molecule has 0 radical (unpaired) electrons. The first-order valence-corrected chi connectivity index (χ1v) is 14.2. The number of H-pyrrole nitrogens is 1. The number of carboxylic acid groups (broad SMARTS) is 1. The Labute approximate surface area is 232 Å². The number of amides is 1. The normalized spacial score (nSPS) is 12.8. The Morgan fingerprint density at radius 2 is 1.88 bits per heavy atom. The number of nitrogens with zero attached hydrogens (tertiary/aromatic N) is 3. The first-order chi connectivity index (χ1) is 18.9. The van der Waals surface area contributed by atoms with Gasteiger partial charge in [-0.05, 0) is 47.7 Å².